The first-order chi connectivity index (χ1) is 13.6. The largest absolute Gasteiger partial charge is 0.502 e. The van der Waals surface area contributed by atoms with Crippen molar-refractivity contribution in [1.82, 2.24) is 25.6 Å². The molecule has 2 aromatic carbocycles. The van der Waals surface area contributed by atoms with E-state index in [9.17, 15) is 9.90 Å². The van der Waals surface area contributed by atoms with Gasteiger partial charge in [-0.3, -0.25) is 4.79 Å². The number of tetrazole rings is 1. The number of hydrazone groups is 1. The van der Waals surface area contributed by atoms with Gasteiger partial charge in [0.2, 0.25) is 11.6 Å². The van der Waals surface area contributed by atoms with Crippen LogP contribution in [0.1, 0.15) is 5.56 Å². The lowest BCUT2D eigenvalue weighted by Crippen LogP contribution is -2.24. The Hall–Kier alpha value is -3.95. The molecule has 0 unspecified atom stereocenters. The highest BCUT2D eigenvalue weighted by Gasteiger charge is 2.11. The average molecular weight is 382 g/mol. The van der Waals surface area contributed by atoms with E-state index < -0.39 is 5.91 Å². The van der Waals surface area contributed by atoms with Crippen LogP contribution < -0.4 is 14.9 Å². The lowest BCUT2D eigenvalue weighted by atomic mass is 10.2. The number of phenols is 1. The summed E-state index contributed by atoms with van der Waals surface area (Å²) in [6.45, 7) is -0.139. The van der Waals surface area contributed by atoms with Gasteiger partial charge in [-0.2, -0.15) is 9.90 Å². The number of hydrogen-bond donors (Lipinski definition) is 2. The number of phenolic OH excluding ortho intramolecular Hbond substituents is 1. The van der Waals surface area contributed by atoms with E-state index in [4.69, 9.17) is 9.47 Å². The normalized spacial score (nSPS) is 10.8. The van der Waals surface area contributed by atoms with Gasteiger partial charge >= 0.3 is 0 Å². The zero-order chi connectivity index (χ0) is 19.9. The van der Waals surface area contributed by atoms with Gasteiger partial charge in [0, 0.05) is 11.1 Å². The molecule has 0 radical (unpaired) electrons. The minimum Gasteiger partial charge on any atom is -0.502 e. The minimum atomic E-state index is -0.425. The van der Waals surface area contributed by atoms with Gasteiger partial charge in [-0.1, -0.05) is 30.3 Å². The van der Waals surface area contributed by atoms with Crippen molar-refractivity contribution in [3.05, 3.63) is 48.0 Å². The van der Waals surface area contributed by atoms with Crippen LogP contribution in [0, 0.1) is 0 Å². The topological polar surface area (TPSA) is 124 Å². The second kappa shape index (κ2) is 8.62. The molecule has 0 aliphatic rings. The van der Waals surface area contributed by atoms with Gasteiger partial charge in [-0.15, -0.1) is 10.2 Å². The van der Waals surface area contributed by atoms with Gasteiger partial charge in [0.25, 0.3) is 5.91 Å². The predicted octanol–water partition coefficient (Wildman–Crippen LogP) is 1.21. The molecule has 2 N–H and O–H groups in total. The Morgan fingerprint density at radius 3 is 2.54 bits per heavy atom. The van der Waals surface area contributed by atoms with Crippen molar-refractivity contribution in [1.29, 1.82) is 0 Å². The number of carbonyl (C=O) groups excluding carboxylic acids is 1. The quantitative estimate of drug-likeness (QED) is 0.465. The molecule has 10 heteroatoms. The average Bonchev–Trinajstić information content (AvgIpc) is 3.18. The van der Waals surface area contributed by atoms with E-state index in [1.165, 1.54) is 25.2 Å². The zero-order valence-corrected chi connectivity index (χ0v) is 15.2. The molecule has 0 aliphatic carbocycles. The summed E-state index contributed by atoms with van der Waals surface area (Å²) in [5.41, 5.74) is 3.75. The molecule has 1 amide bonds. The molecule has 3 rings (SSSR count). The van der Waals surface area contributed by atoms with Crippen LogP contribution >= 0.6 is 0 Å². The van der Waals surface area contributed by atoms with E-state index in [0.717, 1.165) is 5.56 Å². The van der Waals surface area contributed by atoms with E-state index in [-0.39, 0.29) is 23.8 Å². The Morgan fingerprint density at radius 2 is 1.89 bits per heavy atom. The number of aromatic nitrogens is 4. The molecule has 3 aromatic rings. The molecular weight excluding hydrogens is 364 g/mol. The van der Waals surface area contributed by atoms with Gasteiger partial charge < -0.3 is 14.6 Å². The van der Waals surface area contributed by atoms with Crippen molar-refractivity contribution in [3.8, 4) is 28.6 Å². The molecule has 0 aliphatic heterocycles. The van der Waals surface area contributed by atoms with Crippen LogP contribution in [-0.4, -0.2) is 51.7 Å². The van der Waals surface area contributed by atoms with E-state index in [1.807, 2.05) is 30.3 Å². The van der Waals surface area contributed by atoms with Gasteiger partial charge in [0.05, 0.1) is 20.4 Å². The maximum Gasteiger partial charge on any atom is 0.263 e. The standard InChI is InChI=1S/C18H18N6O4/c1-27-14-8-12(9-15(28-2)17(14)26)10-19-20-16(25)11-24-22-18(21-23-24)13-6-4-3-5-7-13/h3-10,26H,11H2,1-2H3,(H,20,25)/b19-10-. The van der Waals surface area contributed by atoms with Gasteiger partial charge in [0.1, 0.15) is 6.54 Å². The summed E-state index contributed by atoms with van der Waals surface area (Å²) < 4.78 is 10.1. The van der Waals surface area contributed by atoms with Crippen molar-refractivity contribution >= 4 is 12.1 Å². The van der Waals surface area contributed by atoms with E-state index in [1.54, 1.807) is 12.1 Å². The third-order valence-electron chi connectivity index (χ3n) is 3.67. The smallest absolute Gasteiger partial charge is 0.263 e. The molecule has 1 aromatic heterocycles. The van der Waals surface area contributed by atoms with Crippen molar-refractivity contribution in [2.24, 2.45) is 5.10 Å². The van der Waals surface area contributed by atoms with Crippen LogP contribution in [0.25, 0.3) is 11.4 Å². The molecule has 28 heavy (non-hydrogen) atoms. The van der Waals surface area contributed by atoms with Gasteiger partial charge in [-0.05, 0) is 17.3 Å². The molecule has 0 fully saturated rings. The van der Waals surface area contributed by atoms with E-state index >= 15 is 0 Å². The number of benzene rings is 2. The summed E-state index contributed by atoms with van der Waals surface area (Å²) in [6, 6.07) is 12.4. The SMILES string of the molecule is COc1cc(/C=N\NC(=O)Cn2nnc(-c3ccccc3)n2)cc(OC)c1O. The van der Waals surface area contributed by atoms with Gasteiger partial charge in [0.15, 0.2) is 11.5 Å². The summed E-state index contributed by atoms with van der Waals surface area (Å²) in [5, 5.41) is 25.7. The molecule has 0 saturated carbocycles. The summed E-state index contributed by atoms with van der Waals surface area (Å²) >= 11 is 0. The number of rotatable bonds is 7. The van der Waals surface area contributed by atoms with Crippen LogP contribution in [0.15, 0.2) is 47.6 Å². The number of aromatic hydroxyl groups is 1. The fraction of sp³-hybridized carbons (Fsp3) is 0.167. The van der Waals surface area contributed by atoms with E-state index in [0.29, 0.717) is 11.4 Å². The maximum absolute atomic E-state index is 12.0. The summed E-state index contributed by atoms with van der Waals surface area (Å²) in [4.78, 5) is 13.2. The monoisotopic (exact) mass is 382 g/mol. The first-order valence-electron chi connectivity index (χ1n) is 8.21. The van der Waals surface area contributed by atoms with Crippen LogP contribution in [0.2, 0.25) is 0 Å². The number of hydrogen-bond acceptors (Lipinski definition) is 8. The third kappa shape index (κ3) is 4.41. The Balaban J connectivity index is 1.61. The molecule has 0 saturated heterocycles. The fourth-order valence-electron chi connectivity index (χ4n) is 2.34. The molecule has 0 atom stereocenters. The lowest BCUT2D eigenvalue weighted by molar-refractivity contribution is -0.122. The third-order valence-corrected chi connectivity index (χ3v) is 3.67. The Morgan fingerprint density at radius 1 is 1.21 bits per heavy atom. The molecule has 10 nitrogen and oxygen atoms in total. The predicted molar refractivity (Wildman–Crippen MR) is 100 cm³/mol. The number of amides is 1. The van der Waals surface area contributed by atoms with Crippen molar-refractivity contribution in [2.75, 3.05) is 14.2 Å². The first-order valence-corrected chi connectivity index (χ1v) is 8.21. The fourth-order valence-corrected chi connectivity index (χ4v) is 2.34. The number of carbonyl (C=O) groups is 1. The molecular formula is C18H18N6O4. The summed E-state index contributed by atoms with van der Waals surface area (Å²) in [5.74, 6) is 0.351. The molecule has 1 heterocycles. The van der Waals surface area contributed by atoms with E-state index in [2.05, 4.69) is 25.9 Å². The van der Waals surface area contributed by atoms with Crippen LogP contribution in [-0.2, 0) is 11.3 Å². The number of methoxy groups -OCH3 is 2. The van der Waals surface area contributed by atoms with Crippen LogP contribution in [0.3, 0.4) is 0 Å². The second-order valence-electron chi connectivity index (χ2n) is 5.58. The summed E-state index contributed by atoms with van der Waals surface area (Å²) in [7, 11) is 2.85. The van der Waals surface area contributed by atoms with Crippen LogP contribution in [0.4, 0.5) is 0 Å². The zero-order valence-electron chi connectivity index (χ0n) is 15.2. The van der Waals surface area contributed by atoms with Crippen LogP contribution in [0.5, 0.6) is 17.2 Å². The summed E-state index contributed by atoms with van der Waals surface area (Å²) in [6.07, 6.45) is 1.40. The van der Waals surface area contributed by atoms with Crippen molar-refractivity contribution < 1.29 is 19.4 Å². The lowest BCUT2D eigenvalue weighted by Gasteiger charge is -2.09. The highest BCUT2D eigenvalue weighted by Crippen LogP contribution is 2.36. The first kappa shape index (κ1) is 18.8. The Bertz CT molecular complexity index is 962. The molecule has 0 spiro atoms. The highest BCUT2D eigenvalue weighted by atomic mass is 16.5. The van der Waals surface area contributed by atoms with Crippen molar-refractivity contribution in [2.45, 2.75) is 6.54 Å². The Kier molecular flexibility index (Phi) is 5.80. The maximum atomic E-state index is 12.0. The highest BCUT2D eigenvalue weighted by molar-refractivity contribution is 5.84. The second-order valence-corrected chi connectivity index (χ2v) is 5.58. The van der Waals surface area contributed by atoms with Gasteiger partial charge in [-0.25, -0.2) is 5.43 Å². The number of ether oxygens (including phenoxy) is 2. The minimum absolute atomic E-state index is 0.113. The number of nitrogens with one attached hydrogen (secondary N) is 1. The number of nitrogens with zero attached hydrogens (tertiary/aromatic N) is 5. The Labute approximate surface area is 160 Å². The molecule has 0 bridgehead atoms. The van der Waals surface area contributed by atoms with Crippen molar-refractivity contribution in [3.63, 3.8) is 0 Å². The molecule has 144 valence electrons.